The first-order valence-electron chi connectivity index (χ1n) is 14.3. The van der Waals surface area contributed by atoms with Crippen LogP contribution in [0.3, 0.4) is 0 Å². The Morgan fingerprint density at radius 1 is 0.395 bits per heavy atom. The van der Waals surface area contributed by atoms with Gasteiger partial charge in [-0.3, -0.25) is 0 Å². The van der Waals surface area contributed by atoms with Gasteiger partial charge in [-0.25, -0.2) is 0 Å². The van der Waals surface area contributed by atoms with Gasteiger partial charge in [0.1, 0.15) is 5.75 Å². The topological polar surface area (TPSA) is 59.6 Å². The number of benzene rings is 6. The number of phenolic OH excluding ortho intramolecular Hbond substituents is 1. The monoisotopic (exact) mass is 562 g/mol. The summed E-state index contributed by atoms with van der Waals surface area (Å²) in [6.07, 6.45) is 0. The summed E-state index contributed by atoms with van der Waals surface area (Å²) in [5, 5.41) is 20.2. The Balaban J connectivity index is 1.28. The number of hydrogen-bond donors (Lipinski definition) is 4. The number of nitrogens with one attached hydrogen (secondary N) is 3. The van der Waals surface area contributed by atoms with E-state index in [4.69, 9.17) is 0 Å². The maximum Gasteiger partial charge on any atom is 0.117 e. The molecule has 5 heteroatoms. The molecular formula is C38H34N4O. The highest BCUT2D eigenvalue weighted by Gasteiger charge is 2.13. The summed E-state index contributed by atoms with van der Waals surface area (Å²) in [6, 6.07) is 49.1. The second-order valence-corrected chi connectivity index (χ2v) is 10.6. The first kappa shape index (κ1) is 27.5. The van der Waals surface area contributed by atoms with Crippen molar-refractivity contribution in [1.29, 1.82) is 0 Å². The number of hydrogen-bond acceptors (Lipinski definition) is 5. The van der Waals surface area contributed by atoms with Crippen molar-refractivity contribution in [2.75, 3.05) is 20.9 Å². The number of anilines is 9. The Kier molecular flexibility index (Phi) is 7.96. The molecule has 43 heavy (non-hydrogen) atoms. The van der Waals surface area contributed by atoms with E-state index in [9.17, 15) is 5.11 Å². The highest BCUT2D eigenvalue weighted by molar-refractivity contribution is 5.80. The van der Waals surface area contributed by atoms with Gasteiger partial charge in [-0.15, -0.1) is 0 Å². The molecule has 4 N–H and O–H groups in total. The second-order valence-electron chi connectivity index (χ2n) is 10.6. The minimum Gasteiger partial charge on any atom is -0.508 e. The van der Waals surface area contributed by atoms with E-state index in [0.717, 1.165) is 51.2 Å². The predicted octanol–water partition coefficient (Wildman–Crippen LogP) is 10.7. The predicted molar refractivity (Wildman–Crippen MR) is 181 cm³/mol. The fourth-order valence-corrected chi connectivity index (χ4v) is 5.06. The van der Waals surface area contributed by atoms with Crippen molar-refractivity contribution in [3.8, 4) is 5.75 Å². The summed E-state index contributed by atoms with van der Waals surface area (Å²) in [5.41, 5.74) is 11.5. The van der Waals surface area contributed by atoms with E-state index in [0.29, 0.717) is 0 Å². The Morgan fingerprint density at radius 2 is 0.744 bits per heavy atom. The van der Waals surface area contributed by atoms with Crippen molar-refractivity contribution in [2.24, 2.45) is 0 Å². The molecule has 212 valence electrons. The molecule has 0 amide bonds. The van der Waals surface area contributed by atoms with Crippen LogP contribution in [0.2, 0.25) is 0 Å². The highest BCUT2D eigenvalue weighted by atomic mass is 16.3. The molecule has 0 aromatic heterocycles. The molecule has 6 rings (SSSR count). The van der Waals surface area contributed by atoms with Crippen molar-refractivity contribution in [2.45, 2.75) is 13.8 Å². The van der Waals surface area contributed by atoms with E-state index in [2.05, 4.69) is 144 Å². The molecule has 0 radical (unpaired) electrons. The molecule has 6 aromatic carbocycles. The Labute approximate surface area is 253 Å². The average Bonchev–Trinajstić information content (AvgIpc) is 3.00. The van der Waals surface area contributed by atoms with Crippen LogP contribution < -0.4 is 20.9 Å². The van der Waals surface area contributed by atoms with E-state index < -0.39 is 0 Å². The standard InChI is InChI=1S/C38H34N4O/c1-27-6-3-8-32(24-27)39-29-12-18-35(19-13-29)42(36-20-14-30(15-21-36)40-33-9-4-7-28(2)25-33)37-22-16-31(17-23-37)41-34-10-5-11-38(43)26-34/h3-26,39-41,43H,1-2H3. The summed E-state index contributed by atoms with van der Waals surface area (Å²) in [6.45, 7) is 4.19. The number of nitrogens with zero attached hydrogens (tertiary/aromatic N) is 1. The van der Waals surface area contributed by atoms with E-state index >= 15 is 0 Å². The van der Waals surface area contributed by atoms with Gasteiger partial charge in [0.2, 0.25) is 0 Å². The largest absolute Gasteiger partial charge is 0.508 e. The Bertz CT molecular complexity index is 1600. The average molecular weight is 563 g/mol. The lowest BCUT2D eigenvalue weighted by atomic mass is 10.1. The first-order valence-corrected chi connectivity index (χ1v) is 14.3. The third-order valence-corrected chi connectivity index (χ3v) is 7.12. The van der Waals surface area contributed by atoms with Crippen molar-refractivity contribution in [3.05, 3.63) is 157 Å². The second kappa shape index (κ2) is 12.5. The molecule has 0 heterocycles. The summed E-state index contributed by atoms with van der Waals surface area (Å²) in [7, 11) is 0. The first-order chi connectivity index (χ1) is 21.0. The molecule has 0 saturated heterocycles. The fourth-order valence-electron chi connectivity index (χ4n) is 5.06. The summed E-state index contributed by atoms with van der Waals surface area (Å²) >= 11 is 0. The van der Waals surface area contributed by atoms with Gasteiger partial charge in [0, 0.05) is 57.3 Å². The van der Waals surface area contributed by atoms with Gasteiger partial charge >= 0.3 is 0 Å². The smallest absolute Gasteiger partial charge is 0.117 e. The third-order valence-electron chi connectivity index (χ3n) is 7.12. The van der Waals surface area contributed by atoms with Gasteiger partial charge in [0.15, 0.2) is 0 Å². The molecule has 0 aliphatic carbocycles. The van der Waals surface area contributed by atoms with Crippen molar-refractivity contribution >= 4 is 51.2 Å². The lowest BCUT2D eigenvalue weighted by Gasteiger charge is -2.26. The molecule has 0 fully saturated rings. The molecular weight excluding hydrogens is 528 g/mol. The molecule has 0 saturated carbocycles. The SMILES string of the molecule is Cc1cccc(Nc2ccc(N(c3ccc(Nc4cccc(C)c4)cc3)c3ccc(Nc4cccc(O)c4)cc3)cc2)c1. The summed E-state index contributed by atoms with van der Waals surface area (Å²) < 4.78 is 0. The maximum absolute atomic E-state index is 9.83. The summed E-state index contributed by atoms with van der Waals surface area (Å²) in [5.74, 6) is 0.230. The summed E-state index contributed by atoms with van der Waals surface area (Å²) in [4.78, 5) is 2.24. The van der Waals surface area contributed by atoms with Crippen LogP contribution in [0, 0.1) is 13.8 Å². The zero-order valence-corrected chi connectivity index (χ0v) is 24.3. The molecule has 0 atom stereocenters. The number of rotatable bonds is 9. The van der Waals surface area contributed by atoms with Gasteiger partial charge in [-0.05, 0) is 134 Å². The van der Waals surface area contributed by atoms with Crippen LogP contribution in [0.15, 0.2) is 146 Å². The van der Waals surface area contributed by atoms with Gasteiger partial charge < -0.3 is 26.0 Å². The minimum atomic E-state index is 0.230. The zero-order valence-electron chi connectivity index (χ0n) is 24.3. The van der Waals surface area contributed by atoms with Gasteiger partial charge in [-0.1, -0.05) is 30.3 Å². The lowest BCUT2D eigenvalue weighted by Crippen LogP contribution is -2.10. The van der Waals surface area contributed by atoms with Crippen LogP contribution in [-0.2, 0) is 0 Å². The number of aromatic hydroxyl groups is 1. The van der Waals surface area contributed by atoms with E-state index in [1.807, 2.05) is 24.3 Å². The van der Waals surface area contributed by atoms with Crippen LogP contribution in [-0.4, -0.2) is 5.11 Å². The molecule has 0 bridgehead atoms. The Morgan fingerprint density at radius 3 is 1.09 bits per heavy atom. The molecule has 0 aliphatic rings. The maximum atomic E-state index is 9.83. The Hall–Kier alpha value is -5.68. The van der Waals surface area contributed by atoms with Crippen LogP contribution in [0.25, 0.3) is 0 Å². The van der Waals surface area contributed by atoms with E-state index in [1.54, 1.807) is 12.1 Å². The fraction of sp³-hybridized carbons (Fsp3) is 0.0526. The molecule has 5 nitrogen and oxygen atoms in total. The number of aryl methyl sites for hydroxylation is 2. The van der Waals surface area contributed by atoms with Gasteiger partial charge in [0.05, 0.1) is 0 Å². The highest BCUT2D eigenvalue weighted by Crippen LogP contribution is 2.37. The van der Waals surface area contributed by atoms with E-state index in [-0.39, 0.29) is 5.75 Å². The van der Waals surface area contributed by atoms with Crippen molar-refractivity contribution in [3.63, 3.8) is 0 Å². The van der Waals surface area contributed by atoms with Gasteiger partial charge in [-0.2, -0.15) is 0 Å². The van der Waals surface area contributed by atoms with Gasteiger partial charge in [0.25, 0.3) is 0 Å². The third kappa shape index (κ3) is 6.97. The van der Waals surface area contributed by atoms with Crippen LogP contribution in [0.1, 0.15) is 11.1 Å². The van der Waals surface area contributed by atoms with E-state index in [1.165, 1.54) is 11.1 Å². The quantitative estimate of drug-likeness (QED) is 0.141. The normalized spacial score (nSPS) is 10.7. The zero-order chi connectivity index (χ0) is 29.6. The van der Waals surface area contributed by atoms with Crippen LogP contribution in [0.5, 0.6) is 5.75 Å². The molecule has 0 spiro atoms. The number of phenols is 1. The molecule has 0 aliphatic heterocycles. The van der Waals surface area contributed by atoms with Crippen molar-refractivity contribution in [1.82, 2.24) is 0 Å². The van der Waals surface area contributed by atoms with Crippen LogP contribution >= 0.6 is 0 Å². The van der Waals surface area contributed by atoms with Crippen molar-refractivity contribution < 1.29 is 5.11 Å². The lowest BCUT2D eigenvalue weighted by molar-refractivity contribution is 0.475. The van der Waals surface area contributed by atoms with Crippen LogP contribution in [0.4, 0.5) is 51.2 Å². The molecule has 0 unspecified atom stereocenters. The minimum absolute atomic E-state index is 0.230. The molecule has 6 aromatic rings.